The minimum Gasteiger partial charge on any atom is -0.302 e. The van der Waals surface area contributed by atoms with E-state index in [0.29, 0.717) is 5.41 Å². The zero-order chi connectivity index (χ0) is 13.2. The van der Waals surface area contributed by atoms with Crippen LogP contribution in [0.3, 0.4) is 0 Å². The van der Waals surface area contributed by atoms with Crippen LogP contribution in [0.15, 0.2) is 0 Å². The molecule has 2 heterocycles. The Kier molecular flexibility index (Phi) is 4.65. The van der Waals surface area contributed by atoms with Crippen molar-refractivity contribution >= 4 is 0 Å². The Balaban J connectivity index is 1.66. The topological polar surface area (TPSA) is 6.48 Å². The molecule has 0 amide bonds. The lowest BCUT2D eigenvalue weighted by molar-refractivity contribution is 0.135. The lowest BCUT2D eigenvalue weighted by Crippen LogP contribution is -2.40. The lowest BCUT2D eigenvalue weighted by atomic mass is 9.80. The highest BCUT2D eigenvalue weighted by molar-refractivity contribution is 4.84. The van der Waals surface area contributed by atoms with Crippen LogP contribution in [0.2, 0.25) is 0 Å². The van der Waals surface area contributed by atoms with Gasteiger partial charge in [-0.25, -0.2) is 4.39 Å². The van der Waals surface area contributed by atoms with Gasteiger partial charge in [0.15, 0.2) is 0 Å². The highest BCUT2D eigenvalue weighted by Crippen LogP contribution is 2.33. The maximum atomic E-state index is 13.0. The fourth-order valence-electron chi connectivity index (χ4n) is 3.15. The van der Waals surface area contributed by atoms with Gasteiger partial charge in [-0.2, -0.15) is 0 Å². The Bertz CT molecular complexity index is 254. The Morgan fingerprint density at radius 3 is 2.06 bits per heavy atom. The summed E-state index contributed by atoms with van der Waals surface area (Å²) < 4.78 is 13.0. The second-order valence-corrected chi connectivity index (χ2v) is 7.17. The molecule has 106 valence electrons. The van der Waals surface area contributed by atoms with E-state index in [1.807, 2.05) is 0 Å². The third-order valence-corrected chi connectivity index (χ3v) is 4.75. The number of likely N-dealkylation sites (tertiary alicyclic amines) is 2. The van der Waals surface area contributed by atoms with Crippen LogP contribution in [0.1, 0.15) is 40.0 Å². The van der Waals surface area contributed by atoms with Crippen molar-refractivity contribution in [1.29, 1.82) is 0 Å². The number of alkyl halides is 1. The van der Waals surface area contributed by atoms with E-state index in [0.717, 1.165) is 38.4 Å². The molecule has 0 aromatic carbocycles. The number of halogens is 1. The van der Waals surface area contributed by atoms with Gasteiger partial charge in [-0.05, 0) is 37.1 Å². The molecule has 0 aromatic heterocycles. The van der Waals surface area contributed by atoms with Gasteiger partial charge < -0.3 is 9.80 Å². The molecule has 2 aliphatic heterocycles. The summed E-state index contributed by atoms with van der Waals surface area (Å²) in [4.78, 5) is 5.03. The van der Waals surface area contributed by atoms with E-state index in [1.54, 1.807) is 0 Å². The number of piperidine rings is 1. The van der Waals surface area contributed by atoms with Crippen LogP contribution in [0.5, 0.6) is 0 Å². The van der Waals surface area contributed by atoms with Crippen LogP contribution in [0.25, 0.3) is 0 Å². The first kappa shape index (κ1) is 14.3. The normalized spacial score (nSPS) is 29.0. The average molecular weight is 256 g/mol. The Labute approximate surface area is 112 Å². The summed E-state index contributed by atoms with van der Waals surface area (Å²) in [6, 6.07) is 0. The zero-order valence-corrected chi connectivity index (χ0v) is 12.3. The Morgan fingerprint density at radius 1 is 0.944 bits per heavy atom. The monoisotopic (exact) mass is 256 g/mol. The smallest absolute Gasteiger partial charge is 0.103 e. The van der Waals surface area contributed by atoms with Crippen LogP contribution >= 0.6 is 0 Å². The van der Waals surface area contributed by atoms with Gasteiger partial charge in [0.1, 0.15) is 6.17 Å². The van der Waals surface area contributed by atoms with Crippen molar-refractivity contribution in [2.24, 2.45) is 11.3 Å². The van der Waals surface area contributed by atoms with Gasteiger partial charge in [0.25, 0.3) is 0 Å². The fraction of sp³-hybridized carbons (Fsp3) is 1.00. The molecule has 0 spiro atoms. The summed E-state index contributed by atoms with van der Waals surface area (Å²) in [5.74, 6) is 0.842. The minimum atomic E-state index is -0.543. The predicted molar refractivity (Wildman–Crippen MR) is 74.6 cm³/mol. The van der Waals surface area contributed by atoms with Gasteiger partial charge in [-0.3, -0.25) is 0 Å². The van der Waals surface area contributed by atoms with Crippen LogP contribution in [-0.4, -0.2) is 55.2 Å². The molecule has 2 fully saturated rings. The molecule has 2 aliphatic rings. The van der Waals surface area contributed by atoms with Crippen molar-refractivity contribution < 1.29 is 4.39 Å². The quantitative estimate of drug-likeness (QED) is 0.766. The van der Waals surface area contributed by atoms with E-state index in [2.05, 4.69) is 30.6 Å². The van der Waals surface area contributed by atoms with Crippen molar-refractivity contribution in [3.8, 4) is 0 Å². The first-order valence-electron chi connectivity index (χ1n) is 7.54. The van der Waals surface area contributed by atoms with Gasteiger partial charge in [0.05, 0.1) is 0 Å². The summed E-state index contributed by atoms with van der Waals surface area (Å²) in [6.07, 6.45) is 2.28. The Hall–Kier alpha value is -0.150. The molecule has 0 bridgehead atoms. The summed E-state index contributed by atoms with van der Waals surface area (Å²) in [5.41, 5.74) is 0.446. The van der Waals surface area contributed by atoms with Crippen LogP contribution in [-0.2, 0) is 0 Å². The molecule has 3 heteroatoms. The summed E-state index contributed by atoms with van der Waals surface area (Å²) in [6.45, 7) is 13.8. The molecular formula is C15H29FN2. The molecule has 0 unspecified atom stereocenters. The van der Waals surface area contributed by atoms with E-state index < -0.39 is 6.17 Å². The number of hydrogen-bond donors (Lipinski definition) is 0. The van der Waals surface area contributed by atoms with Crippen molar-refractivity contribution in [3.63, 3.8) is 0 Å². The second kappa shape index (κ2) is 5.87. The van der Waals surface area contributed by atoms with Gasteiger partial charge >= 0.3 is 0 Å². The lowest BCUT2D eigenvalue weighted by Gasteiger charge is -2.31. The molecule has 2 rings (SSSR count). The van der Waals surface area contributed by atoms with Crippen molar-refractivity contribution in [3.05, 3.63) is 0 Å². The van der Waals surface area contributed by atoms with Crippen LogP contribution < -0.4 is 0 Å². The fourth-order valence-corrected chi connectivity index (χ4v) is 3.15. The molecule has 0 radical (unpaired) electrons. The van der Waals surface area contributed by atoms with Crippen molar-refractivity contribution in [1.82, 2.24) is 9.80 Å². The highest BCUT2D eigenvalue weighted by atomic mass is 19.1. The molecule has 2 saturated heterocycles. The van der Waals surface area contributed by atoms with E-state index in [9.17, 15) is 4.39 Å². The molecule has 18 heavy (non-hydrogen) atoms. The number of nitrogens with zero attached hydrogens (tertiary/aromatic N) is 2. The third kappa shape index (κ3) is 3.92. The minimum absolute atomic E-state index is 0.446. The van der Waals surface area contributed by atoms with Crippen molar-refractivity contribution in [2.75, 3.05) is 39.3 Å². The SMILES string of the molecule is CC(C)(C)[C@H]1CCN(CCN2CCC(F)CC2)C1. The number of rotatable bonds is 3. The average Bonchev–Trinajstić information content (AvgIpc) is 2.77. The maximum absolute atomic E-state index is 13.0. The first-order chi connectivity index (χ1) is 8.45. The van der Waals surface area contributed by atoms with Gasteiger partial charge in [0.2, 0.25) is 0 Å². The molecule has 2 nitrogen and oxygen atoms in total. The standard InChI is InChI=1S/C15H29FN2/c1-15(2,3)13-4-7-18(12-13)11-10-17-8-5-14(16)6-9-17/h13-14H,4-12H2,1-3H3/t13-/m0/s1. The van der Waals surface area contributed by atoms with Crippen molar-refractivity contribution in [2.45, 2.75) is 46.2 Å². The zero-order valence-electron chi connectivity index (χ0n) is 12.3. The van der Waals surface area contributed by atoms with E-state index in [-0.39, 0.29) is 0 Å². The van der Waals surface area contributed by atoms with Gasteiger partial charge in [-0.15, -0.1) is 0 Å². The molecule has 0 aliphatic carbocycles. The van der Waals surface area contributed by atoms with Crippen LogP contribution in [0, 0.1) is 11.3 Å². The molecule has 0 aromatic rings. The van der Waals surface area contributed by atoms with E-state index >= 15 is 0 Å². The highest BCUT2D eigenvalue weighted by Gasteiger charge is 2.31. The predicted octanol–water partition coefficient (Wildman–Crippen LogP) is 2.79. The van der Waals surface area contributed by atoms with Crippen LogP contribution in [0.4, 0.5) is 4.39 Å². The van der Waals surface area contributed by atoms with E-state index in [4.69, 9.17) is 0 Å². The number of hydrogen-bond acceptors (Lipinski definition) is 2. The van der Waals surface area contributed by atoms with Gasteiger partial charge in [-0.1, -0.05) is 20.8 Å². The first-order valence-corrected chi connectivity index (χ1v) is 7.54. The molecule has 0 saturated carbocycles. The molecule has 0 N–H and O–H groups in total. The second-order valence-electron chi connectivity index (χ2n) is 7.17. The molecule has 1 atom stereocenters. The van der Waals surface area contributed by atoms with E-state index in [1.165, 1.54) is 26.1 Å². The largest absolute Gasteiger partial charge is 0.302 e. The third-order valence-electron chi connectivity index (χ3n) is 4.75. The summed E-state index contributed by atoms with van der Waals surface area (Å²) >= 11 is 0. The van der Waals surface area contributed by atoms with Gasteiger partial charge in [0, 0.05) is 32.7 Å². The summed E-state index contributed by atoms with van der Waals surface area (Å²) in [5, 5.41) is 0. The molecular weight excluding hydrogens is 227 g/mol. The maximum Gasteiger partial charge on any atom is 0.103 e. The Morgan fingerprint density at radius 2 is 1.50 bits per heavy atom. The summed E-state index contributed by atoms with van der Waals surface area (Å²) in [7, 11) is 0.